The van der Waals surface area contributed by atoms with Crippen LogP contribution < -0.4 is 0 Å². The molecule has 5 nitrogen and oxygen atoms in total. The molecule has 2 heterocycles. The third kappa shape index (κ3) is 2.04. The zero-order chi connectivity index (χ0) is 15.4. The Kier molecular flexibility index (Phi) is 2.91. The molecule has 110 valence electrons. The Bertz CT molecular complexity index is 935. The first-order valence-electron chi connectivity index (χ1n) is 6.34. The Hall–Kier alpha value is -2.15. The number of benzene rings is 1. The highest BCUT2D eigenvalue weighted by Crippen LogP contribution is 2.28. The molecule has 0 amide bonds. The van der Waals surface area contributed by atoms with Gasteiger partial charge in [0.2, 0.25) is 0 Å². The van der Waals surface area contributed by atoms with Gasteiger partial charge in [-0.05, 0) is 38.1 Å². The number of halogens is 1. The average molecular weight is 307 g/mol. The van der Waals surface area contributed by atoms with Crippen LogP contribution >= 0.6 is 0 Å². The Labute approximate surface area is 121 Å². The molecule has 0 saturated carbocycles. The van der Waals surface area contributed by atoms with Gasteiger partial charge in [-0.15, -0.1) is 5.10 Å². The molecule has 0 aliphatic rings. The van der Waals surface area contributed by atoms with Gasteiger partial charge in [0.1, 0.15) is 5.82 Å². The fourth-order valence-corrected chi connectivity index (χ4v) is 3.23. The van der Waals surface area contributed by atoms with Crippen molar-refractivity contribution in [2.24, 2.45) is 0 Å². The van der Waals surface area contributed by atoms with Gasteiger partial charge in [0.15, 0.2) is 5.82 Å². The lowest BCUT2D eigenvalue weighted by Crippen LogP contribution is -2.12. The van der Waals surface area contributed by atoms with Crippen LogP contribution in [0.5, 0.6) is 0 Å². The van der Waals surface area contributed by atoms with Crippen molar-refractivity contribution in [1.29, 1.82) is 0 Å². The van der Waals surface area contributed by atoms with Crippen LogP contribution in [0.4, 0.5) is 4.39 Å². The van der Waals surface area contributed by atoms with Crippen LogP contribution in [0.2, 0.25) is 0 Å². The Morgan fingerprint density at radius 2 is 1.71 bits per heavy atom. The van der Waals surface area contributed by atoms with Crippen molar-refractivity contribution in [3.63, 3.8) is 0 Å². The van der Waals surface area contributed by atoms with Crippen molar-refractivity contribution in [1.82, 2.24) is 13.8 Å². The smallest absolute Gasteiger partial charge is 0.251 e. The molecule has 0 bridgehead atoms. The highest BCUT2D eigenvalue weighted by Gasteiger charge is 2.21. The Balaban J connectivity index is 2.50. The fourth-order valence-electron chi connectivity index (χ4n) is 2.50. The molecule has 0 unspecified atom stereocenters. The molecular formula is C14H14FN3O2S. The molecule has 0 radical (unpaired) electrons. The largest absolute Gasteiger partial charge is 0.301 e. The van der Waals surface area contributed by atoms with E-state index in [-0.39, 0.29) is 16.7 Å². The van der Waals surface area contributed by atoms with E-state index in [9.17, 15) is 12.8 Å². The standard InChI is InChI=1S/C14H14FN3O2S/c1-9-7-8-10(2)17(9)14-13-11(15)5-4-6-12(13)18(16-14)21(3,19)20/h4-8H,1-3H3. The first-order chi connectivity index (χ1) is 9.80. The molecule has 0 N–H and O–H groups in total. The lowest BCUT2D eigenvalue weighted by molar-refractivity contribution is 0.588. The third-order valence-electron chi connectivity index (χ3n) is 3.40. The molecule has 3 rings (SSSR count). The van der Waals surface area contributed by atoms with E-state index in [2.05, 4.69) is 5.10 Å². The van der Waals surface area contributed by atoms with Crippen LogP contribution in [0.15, 0.2) is 30.3 Å². The van der Waals surface area contributed by atoms with Crippen LogP contribution in [0, 0.1) is 19.7 Å². The summed E-state index contributed by atoms with van der Waals surface area (Å²) >= 11 is 0. The lowest BCUT2D eigenvalue weighted by atomic mass is 10.2. The summed E-state index contributed by atoms with van der Waals surface area (Å²) in [6.45, 7) is 3.72. The van der Waals surface area contributed by atoms with Gasteiger partial charge in [0.25, 0.3) is 10.0 Å². The predicted molar refractivity (Wildman–Crippen MR) is 78.7 cm³/mol. The zero-order valence-corrected chi connectivity index (χ0v) is 12.6. The molecule has 3 aromatic rings. The maximum absolute atomic E-state index is 14.2. The van der Waals surface area contributed by atoms with Crippen molar-refractivity contribution in [2.75, 3.05) is 6.26 Å². The summed E-state index contributed by atoms with van der Waals surface area (Å²) in [6.07, 6.45) is 1.05. The number of aryl methyl sites for hydroxylation is 2. The monoisotopic (exact) mass is 307 g/mol. The van der Waals surface area contributed by atoms with Crippen LogP contribution in [0.25, 0.3) is 16.7 Å². The molecule has 0 spiro atoms. The van der Waals surface area contributed by atoms with Gasteiger partial charge in [-0.1, -0.05) is 6.07 Å². The molecule has 0 saturated heterocycles. The van der Waals surface area contributed by atoms with Crippen molar-refractivity contribution in [2.45, 2.75) is 13.8 Å². The van der Waals surface area contributed by atoms with Gasteiger partial charge in [0, 0.05) is 11.4 Å². The van der Waals surface area contributed by atoms with Gasteiger partial charge < -0.3 is 4.57 Å². The highest BCUT2D eigenvalue weighted by atomic mass is 32.2. The van der Waals surface area contributed by atoms with E-state index in [0.717, 1.165) is 21.7 Å². The molecule has 21 heavy (non-hydrogen) atoms. The summed E-state index contributed by atoms with van der Waals surface area (Å²) in [7, 11) is -3.62. The predicted octanol–water partition coefficient (Wildman–Crippen LogP) is 2.39. The summed E-state index contributed by atoms with van der Waals surface area (Å²) in [5.41, 5.74) is 1.95. The normalized spacial score (nSPS) is 12.2. The minimum atomic E-state index is -3.62. The minimum absolute atomic E-state index is 0.199. The maximum Gasteiger partial charge on any atom is 0.251 e. The minimum Gasteiger partial charge on any atom is -0.301 e. The number of fused-ring (bicyclic) bond motifs is 1. The molecule has 0 aliphatic carbocycles. The van der Waals surface area contributed by atoms with E-state index in [4.69, 9.17) is 0 Å². The lowest BCUT2D eigenvalue weighted by Gasteiger charge is -2.06. The van der Waals surface area contributed by atoms with Crippen LogP contribution in [0.3, 0.4) is 0 Å². The first kappa shape index (κ1) is 13.8. The van der Waals surface area contributed by atoms with Crippen molar-refractivity contribution < 1.29 is 12.8 Å². The topological polar surface area (TPSA) is 56.9 Å². The van der Waals surface area contributed by atoms with Gasteiger partial charge in [0.05, 0.1) is 17.2 Å². The summed E-state index contributed by atoms with van der Waals surface area (Å²) in [6, 6.07) is 8.07. The molecule has 1 aromatic carbocycles. The van der Waals surface area contributed by atoms with Crippen molar-refractivity contribution >= 4 is 20.9 Å². The number of hydrogen-bond donors (Lipinski definition) is 0. The molecule has 2 aromatic heterocycles. The van der Waals surface area contributed by atoms with Gasteiger partial charge in [-0.25, -0.2) is 12.8 Å². The highest BCUT2D eigenvalue weighted by molar-refractivity contribution is 7.89. The number of aromatic nitrogens is 3. The SMILES string of the molecule is Cc1ccc(C)n1-c1nn(S(C)(=O)=O)c2cccc(F)c12. The van der Waals surface area contributed by atoms with Gasteiger partial charge in [-0.3, -0.25) is 0 Å². The number of nitrogens with zero attached hydrogens (tertiary/aromatic N) is 3. The number of hydrogen-bond acceptors (Lipinski definition) is 3. The van der Waals surface area contributed by atoms with Crippen LogP contribution in [-0.4, -0.2) is 28.4 Å². The quantitative estimate of drug-likeness (QED) is 0.730. The summed E-state index contributed by atoms with van der Waals surface area (Å²) in [4.78, 5) is 0. The van der Waals surface area contributed by atoms with Crippen molar-refractivity contribution in [3.05, 3.63) is 47.5 Å². The first-order valence-corrected chi connectivity index (χ1v) is 8.18. The van der Waals surface area contributed by atoms with Crippen molar-refractivity contribution in [3.8, 4) is 5.82 Å². The molecule has 0 atom stereocenters. The Morgan fingerprint density at radius 1 is 1.10 bits per heavy atom. The van der Waals surface area contributed by atoms with E-state index in [0.29, 0.717) is 0 Å². The van der Waals surface area contributed by atoms with E-state index in [1.807, 2.05) is 26.0 Å². The second-order valence-corrected chi connectivity index (χ2v) is 6.83. The third-order valence-corrected chi connectivity index (χ3v) is 4.31. The van der Waals surface area contributed by atoms with Crippen LogP contribution in [0.1, 0.15) is 11.4 Å². The summed E-state index contributed by atoms with van der Waals surface area (Å²) < 4.78 is 40.6. The fraction of sp³-hybridized carbons (Fsp3) is 0.214. The van der Waals surface area contributed by atoms with Gasteiger partial charge >= 0.3 is 0 Å². The second kappa shape index (κ2) is 4.42. The van der Waals surface area contributed by atoms with Gasteiger partial charge in [-0.2, -0.15) is 4.09 Å². The molecule has 7 heteroatoms. The van der Waals surface area contributed by atoms with E-state index in [1.54, 1.807) is 10.6 Å². The molecule has 0 fully saturated rings. The summed E-state index contributed by atoms with van der Waals surface area (Å²) in [5.74, 6) is -0.210. The number of rotatable bonds is 2. The molecule has 0 aliphatic heterocycles. The van der Waals surface area contributed by atoms with E-state index in [1.165, 1.54) is 12.1 Å². The zero-order valence-electron chi connectivity index (χ0n) is 11.8. The van der Waals surface area contributed by atoms with E-state index >= 15 is 0 Å². The second-order valence-electron chi connectivity index (χ2n) is 5.02. The average Bonchev–Trinajstić information content (AvgIpc) is 2.91. The summed E-state index contributed by atoms with van der Waals surface area (Å²) in [5, 5.41) is 4.34. The molecular weight excluding hydrogens is 293 g/mol. The Morgan fingerprint density at radius 3 is 2.29 bits per heavy atom. The van der Waals surface area contributed by atoms with Crippen LogP contribution in [-0.2, 0) is 10.0 Å². The maximum atomic E-state index is 14.2. The van der Waals surface area contributed by atoms with E-state index < -0.39 is 15.8 Å².